The Hall–Kier alpha value is -0.0400. The fraction of sp³-hybridized carbons (Fsp3) is 1.00. The third-order valence-corrected chi connectivity index (χ3v) is 5.23. The van der Waals surface area contributed by atoms with Crippen LogP contribution in [0.5, 0.6) is 0 Å². The van der Waals surface area contributed by atoms with Crippen LogP contribution in [0.3, 0.4) is 0 Å². The Kier molecular flexibility index (Phi) is 8.77. The van der Waals surface area contributed by atoms with E-state index in [4.69, 9.17) is 0 Å². The molecule has 4 atom stereocenters. The molecule has 0 bridgehead atoms. The van der Waals surface area contributed by atoms with Crippen molar-refractivity contribution in [2.24, 2.45) is 17.8 Å². The van der Waals surface area contributed by atoms with Crippen molar-refractivity contribution in [3.05, 3.63) is 0 Å². The lowest BCUT2D eigenvalue weighted by Gasteiger charge is -2.37. The van der Waals surface area contributed by atoms with Crippen LogP contribution in [0.1, 0.15) is 85.5 Å². The lowest BCUT2D eigenvalue weighted by molar-refractivity contribution is 0.164. The van der Waals surface area contributed by atoms with Crippen molar-refractivity contribution in [1.82, 2.24) is 5.32 Å². The smallest absolute Gasteiger partial charge is 0.00954 e. The number of hydrogen-bond donors (Lipinski definition) is 1. The summed E-state index contributed by atoms with van der Waals surface area (Å²) in [6, 6.07) is 0.798. The quantitative estimate of drug-likeness (QED) is 0.552. The Morgan fingerprint density at radius 1 is 0.947 bits per heavy atom. The third kappa shape index (κ3) is 6.29. The molecular weight excluding hydrogens is 230 g/mol. The summed E-state index contributed by atoms with van der Waals surface area (Å²) in [5.74, 6) is 2.82. The number of unbranched alkanes of at least 4 members (excludes halogenated alkanes) is 3. The molecule has 0 spiro atoms. The SMILES string of the molecule is CCCCCCC(NCCC)C1CCC(C)C(C)C1. The lowest BCUT2D eigenvalue weighted by atomic mass is 9.72. The van der Waals surface area contributed by atoms with Crippen LogP contribution >= 0.6 is 0 Å². The maximum absolute atomic E-state index is 3.85. The molecule has 0 radical (unpaired) electrons. The molecule has 0 saturated heterocycles. The molecule has 0 aromatic heterocycles. The van der Waals surface area contributed by atoms with Gasteiger partial charge in [-0.05, 0) is 50.0 Å². The summed E-state index contributed by atoms with van der Waals surface area (Å²) in [6.07, 6.45) is 12.7. The van der Waals surface area contributed by atoms with Crippen LogP contribution in [0.25, 0.3) is 0 Å². The van der Waals surface area contributed by atoms with Crippen LogP contribution < -0.4 is 5.32 Å². The molecule has 0 amide bonds. The summed E-state index contributed by atoms with van der Waals surface area (Å²) < 4.78 is 0. The molecule has 4 unspecified atom stereocenters. The first kappa shape index (κ1) is 17.0. The molecular formula is C18H37N. The standard InChI is InChI=1S/C18H37N/c1-5-7-8-9-10-18(19-13-6-2)17-12-11-15(3)16(4)14-17/h15-19H,5-14H2,1-4H3. The van der Waals surface area contributed by atoms with E-state index >= 15 is 0 Å². The van der Waals surface area contributed by atoms with Gasteiger partial charge in [0.2, 0.25) is 0 Å². The molecule has 0 aliphatic heterocycles. The molecule has 1 heteroatoms. The van der Waals surface area contributed by atoms with E-state index < -0.39 is 0 Å². The molecule has 0 aromatic carbocycles. The van der Waals surface area contributed by atoms with E-state index in [-0.39, 0.29) is 0 Å². The van der Waals surface area contributed by atoms with E-state index in [0.717, 1.165) is 23.8 Å². The highest BCUT2D eigenvalue weighted by atomic mass is 14.9. The van der Waals surface area contributed by atoms with Gasteiger partial charge < -0.3 is 5.32 Å². The average molecular weight is 268 g/mol. The second-order valence-corrected chi connectivity index (χ2v) is 6.94. The van der Waals surface area contributed by atoms with Gasteiger partial charge in [0.05, 0.1) is 0 Å². The van der Waals surface area contributed by atoms with Gasteiger partial charge in [-0.3, -0.25) is 0 Å². The predicted molar refractivity (Wildman–Crippen MR) is 86.5 cm³/mol. The maximum Gasteiger partial charge on any atom is 0.00954 e. The van der Waals surface area contributed by atoms with Gasteiger partial charge >= 0.3 is 0 Å². The van der Waals surface area contributed by atoms with Gasteiger partial charge in [-0.15, -0.1) is 0 Å². The highest BCUT2D eigenvalue weighted by molar-refractivity contribution is 4.83. The zero-order chi connectivity index (χ0) is 14.1. The van der Waals surface area contributed by atoms with Gasteiger partial charge in [0.25, 0.3) is 0 Å². The topological polar surface area (TPSA) is 12.0 Å². The summed E-state index contributed by atoms with van der Waals surface area (Å²) in [7, 11) is 0. The van der Waals surface area contributed by atoms with Gasteiger partial charge in [-0.25, -0.2) is 0 Å². The molecule has 0 heterocycles. The van der Waals surface area contributed by atoms with Crippen LogP contribution in [0.15, 0.2) is 0 Å². The first-order valence-corrected chi connectivity index (χ1v) is 8.92. The van der Waals surface area contributed by atoms with Crippen molar-refractivity contribution in [2.75, 3.05) is 6.54 Å². The highest BCUT2D eigenvalue weighted by Crippen LogP contribution is 2.36. The van der Waals surface area contributed by atoms with Crippen LogP contribution in [-0.4, -0.2) is 12.6 Å². The number of nitrogens with one attached hydrogen (secondary N) is 1. The molecule has 19 heavy (non-hydrogen) atoms. The van der Waals surface area contributed by atoms with E-state index in [1.807, 2.05) is 0 Å². The summed E-state index contributed by atoms with van der Waals surface area (Å²) in [6.45, 7) is 10.7. The van der Waals surface area contributed by atoms with Crippen LogP contribution in [-0.2, 0) is 0 Å². The number of rotatable bonds is 9. The fourth-order valence-electron chi connectivity index (χ4n) is 3.58. The van der Waals surface area contributed by atoms with Crippen molar-refractivity contribution in [3.63, 3.8) is 0 Å². The van der Waals surface area contributed by atoms with E-state index in [9.17, 15) is 0 Å². The minimum absolute atomic E-state index is 0.798. The minimum atomic E-state index is 0.798. The molecule has 1 aliphatic carbocycles. The summed E-state index contributed by atoms with van der Waals surface area (Å²) in [4.78, 5) is 0. The lowest BCUT2D eigenvalue weighted by Crippen LogP contribution is -2.40. The zero-order valence-electron chi connectivity index (χ0n) is 13.9. The average Bonchev–Trinajstić information content (AvgIpc) is 2.41. The summed E-state index contributed by atoms with van der Waals surface area (Å²) in [5.41, 5.74) is 0. The van der Waals surface area contributed by atoms with Crippen molar-refractivity contribution in [2.45, 2.75) is 91.5 Å². The Morgan fingerprint density at radius 3 is 2.37 bits per heavy atom. The number of hydrogen-bond acceptors (Lipinski definition) is 1. The van der Waals surface area contributed by atoms with Crippen LogP contribution in [0.2, 0.25) is 0 Å². The largest absolute Gasteiger partial charge is 0.314 e. The molecule has 1 rings (SSSR count). The van der Waals surface area contributed by atoms with Crippen molar-refractivity contribution in [3.8, 4) is 0 Å². The molecule has 1 fully saturated rings. The second kappa shape index (κ2) is 9.80. The Balaban J connectivity index is 2.38. The third-order valence-electron chi connectivity index (χ3n) is 5.23. The fourth-order valence-corrected chi connectivity index (χ4v) is 3.58. The van der Waals surface area contributed by atoms with Crippen LogP contribution in [0, 0.1) is 17.8 Å². The van der Waals surface area contributed by atoms with Gasteiger partial charge in [-0.2, -0.15) is 0 Å². The van der Waals surface area contributed by atoms with E-state index in [2.05, 4.69) is 33.0 Å². The zero-order valence-corrected chi connectivity index (χ0v) is 13.9. The summed E-state index contributed by atoms with van der Waals surface area (Å²) in [5, 5.41) is 3.85. The minimum Gasteiger partial charge on any atom is -0.314 e. The van der Waals surface area contributed by atoms with Gasteiger partial charge in [-0.1, -0.05) is 59.8 Å². The molecule has 0 aromatic rings. The molecule has 1 nitrogen and oxygen atoms in total. The molecule has 1 N–H and O–H groups in total. The van der Waals surface area contributed by atoms with Gasteiger partial charge in [0.15, 0.2) is 0 Å². The first-order chi connectivity index (χ1) is 9.19. The first-order valence-electron chi connectivity index (χ1n) is 8.92. The van der Waals surface area contributed by atoms with Crippen molar-refractivity contribution in [1.29, 1.82) is 0 Å². The maximum atomic E-state index is 3.85. The summed E-state index contributed by atoms with van der Waals surface area (Å²) >= 11 is 0. The van der Waals surface area contributed by atoms with E-state index in [1.54, 1.807) is 0 Å². The Morgan fingerprint density at radius 2 is 1.74 bits per heavy atom. The monoisotopic (exact) mass is 267 g/mol. The second-order valence-electron chi connectivity index (χ2n) is 6.94. The van der Waals surface area contributed by atoms with E-state index in [0.29, 0.717) is 0 Å². The van der Waals surface area contributed by atoms with Crippen LogP contribution in [0.4, 0.5) is 0 Å². The normalized spacial score (nSPS) is 29.4. The van der Waals surface area contributed by atoms with Crippen molar-refractivity contribution < 1.29 is 0 Å². The molecule has 1 saturated carbocycles. The van der Waals surface area contributed by atoms with E-state index in [1.165, 1.54) is 64.3 Å². The van der Waals surface area contributed by atoms with Gasteiger partial charge in [0.1, 0.15) is 0 Å². The van der Waals surface area contributed by atoms with Gasteiger partial charge in [0, 0.05) is 6.04 Å². The Bertz CT molecular complexity index is 214. The van der Waals surface area contributed by atoms with Crippen molar-refractivity contribution >= 4 is 0 Å². The molecule has 114 valence electrons. The Labute approximate surface area is 121 Å². The highest BCUT2D eigenvalue weighted by Gasteiger charge is 2.29. The molecule has 1 aliphatic rings. The predicted octanol–water partition coefficient (Wildman–Crippen LogP) is 5.40.